The van der Waals surface area contributed by atoms with Crippen LogP contribution in [0.2, 0.25) is 0 Å². The van der Waals surface area contributed by atoms with Crippen LogP contribution in [0.4, 0.5) is 16.6 Å². The molecule has 1 unspecified atom stereocenters. The lowest BCUT2D eigenvalue weighted by atomic mass is 10.0. The number of nitrogens with one attached hydrogen (secondary N) is 1. The Morgan fingerprint density at radius 1 is 1.12 bits per heavy atom. The van der Waals surface area contributed by atoms with Gasteiger partial charge in [0.2, 0.25) is 11.8 Å². The Labute approximate surface area is 206 Å². The molecule has 0 radical (unpaired) electrons. The summed E-state index contributed by atoms with van der Waals surface area (Å²) in [6, 6.07) is 17.5. The van der Waals surface area contributed by atoms with Crippen molar-refractivity contribution in [3.8, 4) is 0 Å². The average molecular weight is 495 g/mol. The maximum atomic E-state index is 13.4. The van der Waals surface area contributed by atoms with Gasteiger partial charge in [0, 0.05) is 6.07 Å². The molecule has 0 aliphatic heterocycles. The third-order valence-corrected chi connectivity index (χ3v) is 7.40. The Balaban J connectivity index is 1.53. The van der Waals surface area contributed by atoms with Gasteiger partial charge in [-0.3, -0.25) is 14.5 Å². The summed E-state index contributed by atoms with van der Waals surface area (Å²) in [5.74, 6) is 1.11. The molecule has 0 fully saturated rings. The number of anilines is 3. The molecule has 4 rings (SSSR count). The number of nitrogens with zero attached hydrogens (tertiary/aromatic N) is 3. The first-order valence-corrected chi connectivity index (χ1v) is 12.8. The van der Waals surface area contributed by atoms with Crippen molar-refractivity contribution in [2.75, 3.05) is 16.0 Å². The zero-order valence-corrected chi connectivity index (χ0v) is 21.1. The van der Waals surface area contributed by atoms with Crippen molar-refractivity contribution >= 4 is 61.8 Å². The molecule has 34 heavy (non-hydrogen) atoms. The second-order valence-corrected chi connectivity index (χ2v) is 10.5. The van der Waals surface area contributed by atoms with Gasteiger partial charge >= 0.3 is 0 Å². The first-order chi connectivity index (χ1) is 16.3. The van der Waals surface area contributed by atoms with Crippen LogP contribution in [0.15, 0.2) is 59.1 Å². The summed E-state index contributed by atoms with van der Waals surface area (Å²) < 4.78 is 5.99. The third kappa shape index (κ3) is 5.48. The van der Waals surface area contributed by atoms with E-state index in [0.717, 1.165) is 15.9 Å². The lowest BCUT2D eigenvalue weighted by Gasteiger charge is -2.21. The number of carbonyl (C=O) groups excluding carboxylic acids is 2. The monoisotopic (exact) mass is 494 g/mol. The van der Waals surface area contributed by atoms with Crippen LogP contribution in [0.1, 0.15) is 38.0 Å². The maximum absolute atomic E-state index is 13.4. The first kappa shape index (κ1) is 24.0. The molecule has 0 aliphatic carbocycles. The number of hydrogen-bond donors (Lipinski definition) is 1. The first-order valence-electron chi connectivity index (χ1n) is 11.0. The second-order valence-electron chi connectivity index (χ2n) is 8.20. The van der Waals surface area contributed by atoms with Gasteiger partial charge in [-0.1, -0.05) is 54.6 Å². The normalized spacial score (nSPS) is 12.1. The number of carbonyl (C=O) groups is 2. The molecule has 2 heterocycles. The largest absolute Gasteiger partial charge is 0.360 e. The van der Waals surface area contributed by atoms with Gasteiger partial charge in [-0.05, 0) is 49.6 Å². The maximum Gasteiger partial charge on any atom is 0.243 e. The van der Waals surface area contributed by atoms with E-state index < -0.39 is 5.25 Å². The van der Waals surface area contributed by atoms with Crippen LogP contribution in [0.25, 0.3) is 10.2 Å². The number of thioether (sulfide) groups is 1. The number of aromatic nitrogens is 2. The van der Waals surface area contributed by atoms with Gasteiger partial charge in [0.25, 0.3) is 0 Å². The van der Waals surface area contributed by atoms with Gasteiger partial charge < -0.3 is 9.84 Å². The molecule has 0 saturated heterocycles. The topological polar surface area (TPSA) is 88.3 Å². The lowest BCUT2D eigenvalue weighted by Crippen LogP contribution is -2.30. The summed E-state index contributed by atoms with van der Waals surface area (Å²) in [6.45, 7) is 7.79. The minimum Gasteiger partial charge on any atom is -0.360 e. The van der Waals surface area contributed by atoms with Crippen LogP contribution >= 0.6 is 23.1 Å². The fraction of sp³-hybridized carbons (Fsp3) is 0.280. The van der Waals surface area contributed by atoms with Crippen LogP contribution in [0.5, 0.6) is 0 Å². The van der Waals surface area contributed by atoms with Crippen LogP contribution < -0.4 is 10.2 Å². The summed E-state index contributed by atoms with van der Waals surface area (Å²) >= 11 is 2.74. The van der Waals surface area contributed by atoms with E-state index in [2.05, 4.69) is 24.3 Å². The highest BCUT2D eigenvalue weighted by molar-refractivity contribution is 8.01. The minimum atomic E-state index is -0.457. The molecule has 9 heteroatoms. The Hall–Kier alpha value is -3.17. The molecule has 0 aliphatic rings. The number of benzene rings is 2. The van der Waals surface area contributed by atoms with E-state index in [4.69, 9.17) is 9.51 Å². The van der Waals surface area contributed by atoms with Crippen LogP contribution in [0.3, 0.4) is 0 Å². The van der Waals surface area contributed by atoms with Gasteiger partial charge in [-0.25, -0.2) is 4.98 Å². The molecule has 0 saturated carbocycles. The SMILES string of the molecule is Cc1cc(NC(=O)C(C)SCC(=O)N(c2ccc(C(C)C)cc2)c2nc3ccccc3s2)no1. The van der Waals surface area contributed by atoms with E-state index >= 15 is 0 Å². The van der Waals surface area contributed by atoms with Crippen molar-refractivity contribution in [1.82, 2.24) is 10.1 Å². The van der Waals surface area contributed by atoms with Crippen LogP contribution in [-0.2, 0) is 9.59 Å². The highest BCUT2D eigenvalue weighted by Gasteiger charge is 2.24. The predicted octanol–water partition coefficient (Wildman–Crippen LogP) is 6.14. The van der Waals surface area contributed by atoms with E-state index in [9.17, 15) is 9.59 Å². The Morgan fingerprint density at radius 3 is 2.50 bits per heavy atom. The van der Waals surface area contributed by atoms with E-state index in [-0.39, 0.29) is 17.6 Å². The highest BCUT2D eigenvalue weighted by atomic mass is 32.2. The quantitative estimate of drug-likeness (QED) is 0.316. The molecule has 2 aromatic carbocycles. The summed E-state index contributed by atoms with van der Waals surface area (Å²) in [6.07, 6.45) is 0. The number of hydrogen-bond acceptors (Lipinski definition) is 7. The number of rotatable bonds is 8. The van der Waals surface area contributed by atoms with Crippen molar-refractivity contribution in [2.45, 2.75) is 38.9 Å². The van der Waals surface area contributed by atoms with E-state index in [0.29, 0.717) is 22.6 Å². The molecule has 2 amide bonds. The molecule has 1 atom stereocenters. The molecular weight excluding hydrogens is 468 g/mol. The van der Waals surface area contributed by atoms with Gasteiger partial charge in [0.1, 0.15) is 5.76 Å². The summed E-state index contributed by atoms with van der Waals surface area (Å²) in [5, 5.41) is 6.65. The number of thiazole rings is 1. The number of aryl methyl sites for hydroxylation is 1. The molecule has 0 spiro atoms. The van der Waals surface area contributed by atoms with Crippen LogP contribution in [0, 0.1) is 6.92 Å². The molecule has 4 aromatic rings. The van der Waals surface area contributed by atoms with E-state index in [1.165, 1.54) is 28.7 Å². The van der Waals surface area contributed by atoms with Crippen molar-refractivity contribution in [1.29, 1.82) is 0 Å². The fourth-order valence-electron chi connectivity index (χ4n) is 3.31. The van der Waals surface area contributed by atoms with Crippen molar-refractivity contribution < 1.29 is 14.1 Å². The molecular formula is C25H26N4O3S2. The Bertz CT molecular complexity index is 1260. The number of fused-ring (bicyclic) bond motifs is 1. The molecule has 7 nitrogen and oxygen atoms in total. The van der Waals surface area contributed by atoms with Crippen molar-refractivity contribution in [3.63, 3.8) is 0 Å². The number of amides is 2. The van der Waals surface area contributed by atoms with Crippen molar-refractivity contribution in [3.05, 3.63) is 65.9 Å². The smallest absolute Gasteiger partial charge is 0.243 e. The lowest BCUT2D eigenvalue weighted by molar-refractivity contribution is -0.115. The van der Waals surface area contributed by atoms with E-state index in [1.54, 1.807) is 24.8 Å². The Morgan fingerprint density at radius 2 is 1.85 bits per heavy atom. The molecule has 176 valence electrons. The average Bonchev–Trinajstić information content (AvgIpc) is 3.43. The summed E-state index contributed by atoms with van der Waals surface area (Å²) in [7, 11) is 0. The van der Waals surface area contributed by atoms with Crippen LogP contribution in [-0.4, -0.2) is 33.0 Å². The van der Waals surface area contributed by atoms with Crippen molar-refractivity contribution in [2.24, 2.45) is 0 Å². The third-order valence-electron chi connectivity index (χ3n) is 5.25. The molecule has 1 N–H and O–H groups in total. The number of para-hydroxylation sites is 1. The zero-order valence-electron chi connectivity index (χ0n) is 19.4. The van der Waals surface area contributed by atoms with Gasteiger partial charge in [-0.15, -0.1) is 11.8 Å². The highest BCUT2D eigenvalue weighted by Crippen LogP contribution is 2.34. The van der Waals surface area contributed by atoms with E-state index in [1.807, 2.05) is 48.5 Å². The Kier molecular flexibility index (Phi) is 7.33. The van der Waals surface area contributed by atoms with Gasteiger partial charge in [-0.2, -0.15) is 0 Å². The van der Waals surface area contributed by atoms with Gasteiger partial charge in [0.15, 0.2) is 10.9 Å². The predicted molar refractivity (Wildman–Crippen MR) is 139 cm³/mol. The fourth-order valence-corrected chi connectivity index (χ4v) is 5.05. The zero-order chi connectivity index (χ0) is 24.2. The summed E-state index contributed by atoms with van der Waals surface area (Å²) in [5.41, 5.74) is 2.80. The molecule has 2 aromatic heterocycles. The summed E-state index contributed by atoms with van der Waals surface area (Å²) in [4.78, 5) is 32.3. The minimum absolute atomic E-state index is 0.119. The standard InChI is InChI=1S/C25H26N4O3S2/c1-15(2)18-9-11-19(12-10-18)29(25-26-20-7-5-6-8-21(20)34-25)23(30)14-33-17(4)24(31)27-22-13-16(3)32-28-22/h5-13,15,17H,14H2,1-4H3,(H,27,28,31). The molecule has 0 bridgehead atoms. The van der Waals surface area contributed by atoms with Gasteiger partial charge in [0.05, 0.1) is 26.9 Å². The second kappa shape index (κ2) is 10.4.